The Kier molecular flexibility index (Phi) is 5.50. The molecule has 1 heterocycles. The lowest BCUT2D eigenvalue weighted by Gasteiger charge is -2.13. The maximum Gasteiger partial charge on any atom is 0.306 e. The Hall–Kier alpha value is -1.54. The van der Waals surface area contributed by atoms with E-state index in [0.717, 1.165) is 0 Å². The van der Waals surface area contributed by atoms with Gasteiger partial charge in [-0.15, -0.1) is 5.10 Å². The molecule has 1 N–H and O–H groups in total. The minimum absolute atomic E-state index is 0.0928. The smallest absolute Gasteiger partial charge is 0.306 e. The maximum atomic E-state index is 10.6. The van der Waals surface area contributed by atoms with E-state index in [1.54, 1.807) is 0 Å². The Morgan fingerprint density at radius 2 is 2.35 bits per heavy atom. The van der Waals surface area contributed by atoms with Gasteiger partial charge in [-0.3, -0.25) is 4.79 Å². The van der Waals surface area contributed by atoms with Crippen molar-refractivity contribution in [2.24, 2.45) is 0 Å². The molecular formula is C9H16N4O4. The quantitative estimate of drug-likeness (QED) is 0.670. The molecule has 0 radical (unpaired) electrons. The van der Waals surface area contributed by atoms with Crippen LogP contribution in [0.25, 0.3) is 0 Å². The zero-order valence-electron chi connectivity index (χ0n) is 9.87. The number of aliphatic carboxylic acids is 1. The standard InChI is InChI=1S/C9H16N4O4/c1-3-17-6-8-10-11-12-13(8)5-7(16-2)4-9(14)15/h7H,3-6H2,1-2H3,(H,14,15). The molecule has 1 atom stereocenters. The highest BCUT2D eigenvalue weighted by molar-refractivity contribution is 5.67. The van der Waals surface area contributed by atoms with Crippen molar-refractivity contribution in [1.82, 2.24) is 20.2 Å². The fourth-order valence-electron chi connectivity index (χ4n) is 1.27. The van der Waals surface area contributed by atoms with Gasteiger partial charge in [0.25, 0.3) is 0 Å². The average Bonchev–Trinajstić information content (AvgIpc) is 2.72. The topological polar surface area (TPSA) is 99.4 Å². The van der Waals surface area contributed by atoms with Crippen molar-refractivity contribution in [2.45, 2.75) is 32.6 Å². The zero-order valence-corrected chi connectivity index (χ0v) is 9.87. The third-order valence-corrected chi connectivity index (χ3v) is 2.15. The molecular weight excluding hydrogens is 228 g/mol. The van der Waals surface area contributed by atoms with Gasteiger partial charge in [0.1, 0.15) is 6.61 Å². The first-order valence-corrected chi connectivity index (χ1v) is 5.24. The predicted octanol–water partition coefficient (Wildman–Crippen LogP) is -0.301. The monoisotopic (exact) mass is 244 g/mol. The highest BCUT2D eigenvalue weighted by Gasteiger charge is 2.16. The molecule has 1 rings (SSSR count). The maximum absolute atomic E-state index is 10.6. The highest BCUT2D eigenvalue weighted by Crippen LogP contribution is 2.03. The van der Waals surface area contributed by atoms with E-state index in [4.69, 9.17) is 14.6 Å². The highest BCUT2D eigenvalue weighted by atomic mass is 16.5. The number of hydrogen-bond acceptors (Lipinski definition) is 6. The lowest BCUT2D eigenvalue weighted by atomic mass is 10.2. The van der Waals surface area contributed by atoms with Crippen LogP contribution >= 0.6 is 0 Å². The van der Waals surface area contributed by atoms with E-state index in [9.17, 15) is 4.79 Å². The molecule has 8 heteroatoms. The molecule has 0 saturated carbocycles. The molecule has 0 aromatic carbocycles. The first-order valence-electron chi connectivity index (χ1n) is 5.24. The van der Waals surface area contributed by atoms with Crippen molar-refractivity contribution >= 4 is 5.97 Å². The fourth-order valence-corrected chi connectivity index (χ4v) is 1.27. The van der Waals surface area contributed by atoms with Crippen LogP contribution in [0.3, 0.4) is 0 Å². The SMILES string of the molecule is CCOCc1nnnn1CC(CC(=O)O)OC. The van der Waals surface area contributed by atoms with Crippen LogP contribution in [0.4, 0.5) is 0 Å². The van der Waals surface area contributed by atoms with Crippen molar-refractivity contribution in [3.05, 3.63) is 5.82 Å². The second-order valence-electron chi connectivity index (χ2n) is 3.37. The summed E-state index contributed by atoms with van der Waals surface area (Å²) >= 11 is 0. The number of nitrogens with zero attached hydrogens (tertiary/aromatic N) is 4. The van der Waals surface area contributed by atoms with E-state index < -0.39 is 12.1 Å². The number of rotatable bonds is 8. The number of hydrogen-bond donors (Lipinski definition) is 1. The van der Waals surface area contributed by atoms with Crippen molar-refractivity contribution in [1.29, 1.82) is 0 Å². The van der Waals surface area contributed by atoms with E-state index in [1.165, 1.54) is 11.8 Å². The molecule has 96 valence electrons. The largest absolute Gasteiger partial charge is 0.481 e. The van der Waals surface area contributed by atoms with Gasteiger partial charge < -0.3 is 14.6 Å². The Morgan fingerprint density at radius 3 is 2.94 bits per heavy atom. The lowest BCUT2D eigenvalue weighted by molar-refractivity contribution is -0.140. The molecule has 0 aliphatic rings. The third kappa shape index (κ3) is 4.45. The van der Waals surface area contributed by atoms with Gasteiger partial charge in [-0.05, 0) is 17.4 Å². The van der Waals surface area contributed by atoms with Crippen LogP contribution in [0.5, 0.6) is 0 Å². The summed E-state index contributed by atoms with van der Waals surface area (Å²) in [5.74, 6) is -0.365. The molecule has 0 aliphatic heterocycles. The minimum atomic E-state index is -0.920. The summed E-state index contributed by atoms with van der Waals surface area (Å²) in [5.41, 5.74) is 0. The number of ether oxygens (including phenoxy) is 2. The summed E-state index contributed by atoms with van der Waals surface area (Å²) < 4.78 is 11.7. The predicted molar refractivity (Wildman–Crippen MR) is 56.2 cm³/mol. The van der Waals surface area contributed by atoms with Crippen LogP contribution in [-0.2, 0) is 27.4 Å². The van der Waals surface area contributed by atoms with Crippen LogP contribution in [-0.4, -0.2) is 51.1 Å². The van der Waals surface area contributed by atoms with Gasteiger partial charge in [-0.25, -0.2) is 4.68 Å². The van der Waals surface area contributed by atoms with Crippen LogP contribution in [0, 0.1) is 0 Å². The first kappa shape index (κ1) is 13.5. The van der Waals surface area contributed by atoms with Crippen molar-refractivity contribution < 1.29 is 19.4 Å². The number of tetrazole rings is 1. The molecule has 8 nitrogen and oxygen atoms in total. The minimum Gasteiger partial charge on any atom is -0.481 e. The van der Waals surface area contributed by atoms with Gasteiger partial charge in [0.05, 0.1) is 19.1 Å². The van der Waals surface area contributed by atoms with Crippen LogP contribution in [0.2, 0.25) is 0 Å². The van der Waals surface area contributed by atoms with Gasteiger partial charge in [-0.1, -0.05) is 0 Å². The molecule has 0 fully saturated rings. The van der Waals surface area contributed by atoms with Crippen LogP contribution in [0.15, 0.2) is 0 Å². The van der Waals surface area contributed by atoms with Crippen molar-refractivity contribution in [3.63, 3.8) is 0 Å². The van der Waals surface area contributed by atoms with Gasteiger partial charge >= 0.3 is 5.97 Å². The fraction of sp³-hybridized carbons (Fsp3) is 0.778. The van der Waals surface area contributed by atoms with Crippen LogP contribution in [0.1, 0.15) is 19.2 Å². The van der Waals surface area contributed by atoms with E-state index in [-0.39, 0.29) is 13.0 Å². The zero-order chi connectivity index (χ0) is 12.7. The Labute approximate surface area is 98.5 Å². The molecule has 0 spiro atoms. The Morgan fingerprint density at radius 1 is 1.59 bits per heavy atom. The molecule has 0 amide bonds. The van der Waals surface area contributed by atoms with Gasteiger partial charge in [0, 0.05) is 13.7 Å². The Balaban J connectivity index is 2.59. The second-order valence-corrected chi connectivity index (χ2v) is 3.37. The molecule has 1 aromatic rings. The average molecular weight is 244 g/mol. The summed E-state index contributed by atoms with van der Waals surface area (Å²) in [5, 5.41) is 19.8. The van der Waals surface area contributed by atoms with E-state index >= 15 is 0 Å². The number of carboxylic acids is 1. The van der Waals surface area contributed by atoms with Crippen molar-refractivity contribution in [2.75, 3.05) is 13.7 Å². The molecule has 0 bridgehead atoms. The van der Waals surface area contributed by atoms with E-state index in [1.807, 2.05) is 6.92 Å². The number of carboxylic acid groups (broad SMARTS) is 1. The third-order valence-electron chi connectivity index (χ3n) is 2.15. The summed E-state index contributed by atoms with van der Waals surface area (Å²) in [6.07, 6.45) is -0.555. The van der Waals surface area contributed by atoms with Gasteiger partial charge in [0.2, 0.25) is 0 Å². The number of methoxy groups -OCH3 is 1. The second kappa shape index (κ2) is 6.92. The molecule has 17 heavy (non-hydrogen) atoms. The van der Waals surface area contributed by atoms with E-state index in [0.29, 0.717) is 19.0 Å². The van der Waals surface area contributed by atoms with Crippen LogP contribution < -0.4 is 0 Å². The lowest BCUT2D eigenvalue weighted by Crippen LogP contribution is -2.24. The molecule has 0 aliphatic carbocycles. The summed E-state index contributed by atoms with van der Waals surface area (Å²) in [6.45, 7) is 3.03. The summed E-state index contributed by atoms with van der Waals surface area (Å²) in [7, 11) is 1.46. The first-order chi connectivity index (χ1) is 8.17. The summed E-state index contributed by atoms with van der Waals surface area (Å²) in [6, 6.07) is 0. The number of carbonyl (C=O) groups is 1. The molecule has 0 saturated heterocycles. The molecule has 1 aromatic heterocycles. The van der Waals surface area contributed by atoms with Gasteiger partial charge in [-0.2, -0.15) is 0 Å². The Bertz CT molecular complexity index is 355. The number of aromatic nitrogens is 4. The van der Waals surface area contributed by atoms with E-state index in [2.05, 4.69) is 15.5 Å². The van der Waals surface area contributed by atoms with Gasteiger partial charge in [0.15, 0.2) is 5.82 Å². The molecule has 1 unspecified atom stereocenters. The summed E-state index contributed by atoms with van der Waals surface area (Å²) in [4.78, 5) is 10.6. The van der Waals surface area contributed by atoms with Crippen molar-refractivity contribution in [3.8, 4) is 0 Å². The normalized spacial score (nSPS) is 12.6.